The van der Waals surface area contributed by atoms with Crippen LogP contribution in [-0.4, -0.2) is 33.7 Å². The van der Waals surface area contributed by atoms with Gasteiger partial charge in [-0.15, -0.1) is 11.3 Å². The predicted molar refractivity (Wildman–Crippen MR) is 91.4 cm³/mol. The molecule has 2 aromatic rings. The number of thiophene rings is 1. The number of ether oxygens (including phenoxy) is 2. The minimum atomic E-state index is -3.99. The van der Waals surface area contributed by atoms with Gasteiger partial charge in [-0.1, -0.05) is 11.6 Å². The summed E-state index contributed by atoms with van der Waals surface area (Å²) in [5.74, 6) is -0.704. The average molecular weight is 392 g/mol. The second-order valence-corrected chi connectivity index (χ2v) is 8.04. The number of halogens is 1. The number of hydrogen-bond donors (Lipinski definition) is 2. The number of rotatable bonds is 6. The highest BCUT2D eigenvalue weighted by Crippen LogP contribution is 2.37. The van der Waals surface area contributed by atoms with Crippen molar-refractivity contribution < 1.29 is 27.8 Å². The summed E-state index contributed by atoms with van der Waals surface area (Å²) >= 11 is 6.65. The highest BCUT2D eigenvalue weighted by atomic mass is 35.5. The van der Waals surface area contributed by atoms with Gasteiger partial charge >= 0.3 is 5.97 Å². The summed E-state index contributed by atoms with van der Waals surface area (Å²) < 4.78 is 37.5. The van der Waals surface area contributed by atoms with Crippen molar-refractivity contribution in [3.05, 3.63) is 33.7 Å². The number of nitrogens with one attached hydrogen (secondary N) is 1. The van der Waals surface area contributed by atoms with Crippen LogP contribution in [0.3, 0.4) is 0 Å². The SMILES string of the molecule is COc1cc(NS(=O)(=O)c2cc(C)c(C(=O)O)s2)c(OC)cc1Cl. The molecule has 0 saturated carbocycles. The molecule has 0 bridgehead atoms. The van der Waals surface area contributed by atoms with Gasteiger partial charge in [0, 0.05) is 12.1 Å². The zero-order chi connectivity index (χ0) is 18.1. The Hall–Kier alpha value is -1.97. The molecule has 2 rings (SSSR count). The number of benzene rings is 1. The lowest BCUT2D eigenvalue weighted by molar-refractivity contribution is 0.0701. The van der Waals surface area contributed by atoms with Crippen molar-refractivity contribution in [3.63, 3.8) is 0 Å². The van der Waals surface area contributed by atoms with Gasteiger partial charge in [0.2, 0.25) is 0 Å². The average Bonchev–Trinajstić information content (AvgIpc) is 2.91. The second kappa shape index (κ2) is 6.88. The number of sulfonamides is 1. The van der Waals surface area contributed by atoms with Crippen LogP contribution in [0.15, 0.2) is 22.4 Å². The number of carboxylic acids is 1. The maximum Gasteiger partial charge on any atom is 0.346 e. The van der Waals surface area contributed by atoms with E-state index in [1.165, 1.54) is 39.3 Å². The van der Waals surface area contributed by atoms with E-state index < -0.39 is 16.0 Å². The Morgan fingerprint density at radius 1 is 1.21 bits per heavy atom. The molecule has 0 amide bonds. The Morgan fingerprint density at radius 2 is 1.83 bits per heavy atom. The first-order valence-electron chi connectivity index (χ1n) is 6.47. The van der Waals surface area contributed by atoms with Crippen LogP contribution in [0.25, 0.3) is 0 Å². The minimum absolute atomic E-state index is 0.0315. The number of carboxylic acid groups (broad SMARTS) is 1. The van der Waals surface area contributed by atoms with Crippen LogP contribution < -0.4 is 14.2 Å². The minimum Gasteiger partial charge on any atom is -0.495 e. The molecule has 0 unspecified atom stereocenters. The summed E-state index contributed by atoms with van der Waals surface area (Å²) in [6.45, 7) is 1.53. The van der Waals surface area contributed by atoms with Crippen molar-refractivity contribution in [1.29, 1.82) is 0 Å². The number of hydrogen-bond acceptors (Lipinski definition) is 6. The highest BCUT2D eigenvalue weighted by molar-refractivity contribution is 7.94. The third kappa shape index (κ3) is 3.58. The summed E-state index contributed by atoms with van der Waals surface area (Å²) in [5, 5.41) is 9.32. The van der Waals surface area contributed by atoms with E-state index in [0.29, 0.717) is 16.9 Å². The summed E-state index contributed by atoms with van der Waals surface area (Å²) in [4.78, 5) is 11.1. The molecule has 0 radical (unpaired) electrons. The van der Waals surface area contributed by atoms with Crippen LogP contribution in [-0.2, 0) is 10.0 Å². The monoisotopic (exact) mass is 391 g/mol. The van der Waals surface area contributed by atoms with Gasteiger partial charge in [-0.3, -0.25) is 4.72 Å². The fraction of sp³-hybridized carbons (Fsp3) is 0.214. The molecular formula is C14H14ClNO6S2. The molecular weight excluding hydrogens is 378 g/mol. The van der Waals surface area contributed by atoms with Crippen LogP contribution in [0.5, 0.6) is 11.5 Å². The van der Waals surface area contributed by atoms with E-state index in [-0.39, 0.29) is 31.3 Å². The molecule has 0 saturated heterocycles. The van der Waals surface area contributed by atoms with Crippen LogP contribution in [0, 0.1) is 6.92 Å². The van der Waals surface area contributed by atoms with E-state index >= 15 is 0 Å². The summed E-state index contributed by atoms with van der Waals surface area (Å²) in [5.41, 5.74) is 0.496. The van der Waals surface area contributed by atoms with Crippen LogP contribution in [0.1, 0.15) is 15.2 Å². The molecule has 130 valence electrons. The molecule has 0 spiro atoms. The topological polar surface area (TPSA) is 102 Å². The molecule has 2 N–H and O–H groups in total. The Morgan fingerprint density at radius 3 is 2.33 bits per heavy atom. The summed E-state index contributed by atoms with van der Waals surface area (Å²) in [6.07, 6.45) is 0. The molecule has 0 fully saturated rings. The van der Waals surface area contributed by atoms with Crippen LogP contribution in [0.4, 0.5) is 5.69 Å². The van der Waals surface area contributed by atoms with E-state index in [9.17, 15) is 13.2 Å². The van der Waals surface area contributed by atoms with Gasteiger partial charge in [-0.25, -0.2) is 13.2 Å². The number of aromatic carboxylic acids is 1. The van der Waals surface area contributed by atoms with E-state index in [2.05, 4.69) is 4.72 Å². The molecule has 0 atom stereocenters. The molecule has 10 heteroatoms. The van der Waals surface area contributed by atoms with Gasteiger partial charge < -0.3 is 14.6 Å². The maximum atomic E-state index is 12.5. The Labute approximate surface area is 147 Å². The second-order valence-electron chi connectivity index (χ2n) is 4.68. The van der Waals surface area contributed by atoms with Crippen LogP contribution in [0.2, 0.25) is 5.02 Å². The van der Waals surface area contributed by atoms with Crippen molar-refractivity contribution in [1.82, 2.24) is 0 Å². The summed E-state index contributed by atoms with van der Waals surface area (Å²) in [6, 6.07) is 4.11. The molecule has 0 aliphatic carbocycles. The molecule has 1 aromatic carbocycles. The first kappa shape index (κ1) is 18.4. The molecule has 0 aliphatic rings. The third-order valence-electron chi connectivity index (χ3n) is 3.07. The van der Waals surface area contributed by atoms with Gasteiger partial charge in [-0.05, 0) is 18.6 Å². The number of carbonyl (C=O) groups is 1. The molecule has 0 aliphatic heterocycles. The normalized spacial score (nSPS) is 11.2. The van der Waals surface area contributed by atoms with Crippen LogP contribution >= 0.6 is 22.9 Å². The van der Waals surface area contributed by atoms with E-state index in [1.54, 1.807) is 0 Å². The maximum absolute atomic E-state index is 12.5. The van der Waals surface area contributed by atoms with Crippen molar-refractivity contribution in [2.24, 2.45) is 0 Å². The Balaban J connectivity index is 2.46. The number of aryl methyl sites for hydroxylation is 1. The van der Waals surface area contributed by atoms with Gasteiger partial charge in [0.05, 0.1) is 24.9 Å². The van der Waals surface area contributed by atoms with E-state index in [4.69, 9.17) is 26.2 Å². The fourth-order valence-corrected chi connectivity index (χ4v) is 4.60. The molecule has 7 nitrogen and oxygen atoms in total. The fourth-order valence-electron chi connectivity index (χ4n) is 1.93. The molecule has 24 heavy (non-hydrogen) atoms. The van der Waals surface area contributed by atoms with Crippen molar-refractivity contribution in [2.45, 2.75) is 11.1 Å². The zero-order valence-electron chi connectivity index (χ0n) is 12.9. The van der Waals surface area contributed by atoms with Crippen molar-refractivity contribution in [2.75, 3.05) is 18.9 Å². The molecule has 1 aromatic heterocycles. The van der Waals surface area contributed by atoms with Crippen molar-refractivity contribution >= 4 is 44.6 Å². The number of methoxy groups -OCH3 is 2. The first-order valence-corrected chi connectivity index (χ1v) is 9.15. The lowest BCUT2D eigenvalue weighted by atomic mass is 10.3. The third-order valence-corrected chi connectivity index (χ3v) is 6.43. The van der Waals surface area contributed by atoms with Gasteiger partial charge in [0.15, 0.2) is 0 Å². The lowest BCUT2D eigenvalue weighted by Gasteiger charge is -2.13. The predicted octanol–water partition coefficient (Wildman–Crippen LogP) is 3.23. The quantitative estimate of drug-likeness (QED) is 0.783. The smallest absolute Gasteiger partial charge is 0.346 e. The lowest BCUT2D eigenvalue weighted by Crippen LogP contribution is -2.12. The summed E-state index contributed by atoms with van der Waals surface area (Å²) in [7, 11) is -1.23. The Kier molecular flexibility index (Phi) is 5.26. The van der Waals surface area contributed by atoms with Gasteiger partial charge in [0.25, 0.3) is 10.0 Å². The molecule has 1 heterocycles. The Bertz CT molecular complexity index is 891. The van der Waals surface area contributed by atoms with Gasteiger partial charge in [-0.2, -0.15) is 0 Å². The van der Waals surface area contributed by atoms with E-state index in [0.717, 1.165) is 0 Å². The highest BCUT2D eigenvalue weighted by Gasteiger charge is 2.23. The standard InChI is InChI=1S/C14H14ClNO6S2/c1-7-4-12(23-13(7)14(17)18)24(19,20)16-9-6-10(21-2)8(15)5-11(9)22-3/h4-6,16H,1-3H3,(H,17,18). The zero-order valence-corrected chi connectivity index (χ0v) is 15.3. The first-order chi connectivity index (χ1) is 11.2. The van der Waals surface area contributed by atoms with Gasteiger partial charge in [0.1, 0.15) is 20.6 Å². The van der Waals surface area contributed by atoms with Crippen molar-refractivity contribution in [3.8, 4) is 11.5 Å². The largest absolute Gasteiger partial charge is 0.495 e. The van der Waals surface area contributed by atoms with E-state index in [1.807, 2.05) is 0 Å². The number of anilines is 1.